The second-order valence-electron chi connectivity index (χ2n) is 12.2. The molecule has 0 unspecified atom stereocenters. The first-order valence-corrected chi connectivity index (χ1v) is 19.5. The van der Waals surface area contributed by atoms with E-state index in [4.69, 9.17) is 52.1 Å². The van der Waals surface area contributed by atoms with Crippen LogP contribution in [-0.4, -0.2) is 168 Å². The first kappa shape index (κ1) is 47.6. The van der Waals surface area contributed by atoms with Crippen LogP contribution < -0.4 is 0 Å². The number of rotatable bonds is 40. The van der Waals surface area contributed by atoms with Gasteiger partial charge in [0.25, 0.3) is 11.8 Å². The Morgan fingerprint density at radius 3 is 1.13 bits per heavy atom. The molecule has 0 fully saturated rings. The maximum Gasteiger partial charge on any atom is 0.305 e. The summed E-state index contributed by atoms with van der Waals surface area (Å²) >= 11 is 0. The molecule has 0 saturated heterocycles. The second-order valence-corrected chi connectivity index (χ2v) is 12.2. The third-order valence-corrected chi connectivity index (χ3v) is 7.91. The number of imide groups is 1. The van der Waals surface area contributed by atoms with Crippen molar-refractivity contribution in [1.82, 2.24) is 4.90 Å². The van der Waals surface area contributed by atoms with Crippen molar-refractivity contribution in [2.24, 2.45) is 0 Å². The molecule has 1 heterocycles. The summed E-state index contributed by atoms with van der Waals surface area (Å²) in [5.74, 6) is -0.711. The minimum atomic E-state index is -0.280. The fraction of sp³-hybridized carbons (Fsp3) is 0.769. The van der Waals surface area contributed by atoms with E-state index in [9.17, 15) is 14.4 Å². The third-order valence-electron chi connectivity index (χ3n) is 7.91. The van der Waals surface area contributed by atoms with Gasteiger partial charge in [0.15, 0.2) is 0 Å². The molecule has 0 aromatic heterocycles. The van der Waals surface area contributed by atoms with Gasteiger partial charge >= 0.3 is 5.97 Å². The Bertz CT molecular complexity index is 1040. The molecular formula is C39H65NO14. The number of nitrogens with zero attached hydrogens (tertiary/aromatic N) is 1. The molecule has 2 rings (SSSR count). The van der Waals surface area contributed by atoms with Crippen LogP contribution in [0.4, 0.5) is 0 Å². The average Bonchev–Trinajstić information content (AvgIpc) is 3.42. The van der Waals surface area contributed by atoms with E-state index in [1.807, 2.05) is 0 Å². The Balaban J connectivity index is 1.16. The summed E-state index contributed by atoms with van der Waals surface area (Å²) in [4.78, 5) is 37.5. The number of benzene rings is 1. The van der Waals surface area contributed by atoms with Crippen molar-refractivity contribution >= 4 is 17.8 Å². The van der Waals surface area contributed by atoms with E-state index >= 15 is 0 Å². The Morgan fingerprint density at radius 1 is 0.444 bits per heavy atom. The predicted molar refractivity (Wildman–Crippen MR) is 199 cm³/mol. The Labute approximate surface area is 321 Å². The monoisotopic (exact) mass is 771 g/mol. The molecule has 0 bridgehead atoms. The highest BCUT2D eigenvalue weighted by atomic mass is 16.6. The fourth-order valence-corrected chi connectivity index (χ4v) is 5.02. The second kappa shape index (κ2) is 34.9. The summed E-state index contributed by atoms with van der Waals surface area (Å²) in [7, 11) is 0. The largest absolute Gasteiger partial charge is 0.463 e. The van der Waals surface area contributed by atoms with Crippen molar-refractivity contribution in [3.63, 3.8) is 0 Å². The molecule has 0 N–H and O–H groups in total. The van der Waals surface area contributed by atoms with E-state index in [2.05, 4.69) is 6.92 Å². The lowest BCUT2D eigenvalue weighted by molar-refractivity contribution is -0.145. The highest BCUT2D eigenvalue weighted by molar-refractivity contribution is 6.21. The van der Waals surface area contributed by atoms with Crippen LogP contribution in [0.15, 0.2) is 24.3 Å². The topological polar surface area (TPSA) is 156 Å². The molecule has 0 saturated carbocycles. The summed E-state index contributed by atoms with van der Waals surface area (Å²) in [6.45, 7) is 11.5. The summed E-state index contributed by atoms with van der Waals surface area (Å²) < 4.78 is 59.9. The van der Waals surface area contributed by atoms with Crippen molar-refractivity contribution in [3.8, 4) is 0 Å². The predicted octanol–water partition coefficient (Wildman–Crippen LogP) is 3.74. The lowest BCUT2D eigenvalue weighted by Crippen LogP contribution is -2.33. The maximum absolute atomic E-state index is 12.3. The highest BCUT2D eigenvalue weighted by Crippen LogP contribution is 2.21. The first-order chi connectivity index (χ1) is 26.6. The van der Waals surface area contributed by atoms with Crippen LogP contribution >= 0.6 is 0 Å². The van der Waals surface area contributed by atoms with Crippen LogP contribution in [0, 0.1) is 0 Å². The van der Waals surface area contributed by atoms with Gasteiger partial charge in [0, 0.05) is 6.42 Å². The number of fused-ring (bicyclic) bond motifs is 1. The zero-order chi connectivity index (χ0) is 38.6. The molecule has 310 valence electrons. The van der Waals surface area contributed by atoms with Gasteiger partial charge in [-0.05, 0) is 18.6 Å². The molecule has 0 atom stereocenters. The number of esters is 1. The van der Waals surface area contributed by atoms with Gasteiger partial charge in [0.1, 0.15) is 6.61 Å². The average molecular weight is 772 g/mol. The number of carbonyl (C=O) groups is 3. The van der Waals surface area contributed by atoms with Crippen molar-refractivity contribution in [2.75, 3.05) is 145 Å². The van der Waals surface area contributed by atoms with Crippen LogP contribution in [0.1, 0.15) is 72.6 Å². The van der Waals surface area contributed by atoms with Crippen LogP contribution in [0.5, 0.6) is 0 Å². The molecule has 15 nitrogen and oxygen atoms in total. The molecular weight excluding hydrogens is 706 g/mol. The molecule has 2 amide bonds. The van der Waals surface area contributed by atoms with Gasteiger partial charge in [0.05, 0.1) is 150 Å². The van der Waals surface area contributed by atoms with Gasteiger partial charge in [-0.25, -0.2) is 0 Å². The number of ether oxygens (including phenoxy) is 11. The van der Waals surface area contributed by atoms with Crippen molar-refractivity contribution in [3.05, 3.63) is 35.4 Å². The highest BCUT2D eigenvalue weighted by Gasteiger charge is 2.34. The van der Waals surface area contributed by atoms with E-state index in [0.717, 1.165) is 12.8 Å². The zero-order valence-corrected chi connectivity index (χ0v) is 32.5. The minimum Gasteiger partial charge on any atom is -0.463 e. The van der Waals surface area contributed by atoms with Crippen molar-refractivity contribution in [1.29, 1.82) is 0 Å². The van der Waals surface area contributed by atoms with E-state index in [-0.39, 0.29) is 37.5 Å². The third kappa shape index (κ3) is 24.8. The fourth-order valence-electron chi connectivity index (χ4n) is 5.02. The van der Waals surface area contributed by atoms with Gasteiger partial charge in [-0.1, -0.05) is 51.2 Å². The maximum atomic E-state index is 12.3. The van der Waals surface area contributed by atoms with Gasteiger partial charge in [-0.3, -0.25) is 19.3 Å². The van der Waals surface area contributed by atoms with E-state index in [0.29, 0.717) is 143 Å². The molecule has 0 aliphatic carbocycles. The smallest absolute Gasteiger partial charge is 0.305 e. The minimum absolute atomic E-state index is 0.150. The Morgan fingerprint density at radius 2 is 0.759 bits per heavy atom. The molecule has 54 heavy (non-hydrogen) atoms. The van der Waals surface area contributed by atoms with E-state index in [1.54, 1.807) is 24.3 Å². The summed E-state index contributed by atoms with van der Waals surface area (Å²) in [6, 6.07) is 6.81. The molecule has 1 aromatic carbocycles. The number of hydrogen-bond donors (Lipinski definition) is 0. The quantitative estimate of drug-likeness (QED) is 0.0540. The lowest BCUT2D eigenvalue weighted by Gasteiger charge is -2.13. The summed E-state index contributed by atoms with van der Waals surface area (Å²) in [5.41, 5.74) is 0.879. The number of hydrogen-bond acceptors (Lipinski definition) is 14. The Hall–Kier alpha value is -2.57. The van der Waals surface area contributed by atoms with Gasteiger partial charge < -0.3 is 52.1 Å². The van der Waals surface area contributed by atoms with Crippen LogP contribution in [-0.2, 0) is 56.9 Å². The lowest BCUT2D eigenvalue weighted by atomic mass is 10.1. The summed E-state index contributed by atoms with van der Waals surface area (Å²) in [5, 5.41) is 0. The van der Waals surface area contributed by atoms with Gasteiger partial charge in [0.2, 0.25) is 0 Å². The van der Waals surface area contributed by atoms with E-state index < -0.39 is 0 Å². The molecule has 1 aliphatic rings. The SMILES string of the molecule is CCCCCCCCC(=O)OCCOCCOCCOCCOCCOCCOCCOCCOCCOCCOCCN1C(=O)c2ccccc2C1=O. The summed E-state index contributed by atoms with van der Waals surface area (Å²) in [6.07, 6.45) is 7.38. The van der Waals surface area contributed by atoms with Gasteiger partial charge in [-0.15, -0.1) is 0 Å². The van der Waals surface area contributed by atoms with Crippen LogP contribution in [0.2, 0.25) is 0 Å². The number of amides is 2. The van der Waals surface area contributed by atoms with Crippen LogP contribution in [0.3, 0.4) is 0 Å². The van der Waals surface area contributed by atoms with Crippen LogP contribution in [0.25, 0.3) is 0 Å². The van der Waals surface area contributed by atoms with Crippen molar-refractivity contribution in [2.45, 2.75) is 51.9 Å². The number of carbonyl (C=O) groups excluding carboxylic acids is 3. The van der Waals surface area contributed by atoms with E-state index in [1.165, 1.54) is 30.6 Å². The normalized spacial score (nSPS) is 12.6. The zero-order valence-electron chi connectivity index (χ0n) is 32.5. The first-order valence-electron chi connectivity index (χ1n) is 19.5. The van der Waals surface area contributed by atoms with Gasteiger partial charge in [-0.2, -0.15) is 0 Å². The standard InChI is InChI=1S/C39H65NO14/c1-2-3-4-5-6-7-12-37(41)54-34-33-53-32-31-52-30-29-51-28-27-50-26-25-49-24-23-48-22-21-47-20-19-46-18-17-45-16-15-44-14-13-40-38(42)35-10-8-9-11-36(35)39(40)43/h8-11H,2-7,12-34H2,1H3. The molecule has 1 aliphatic heterocycles. The Kier molecular flexibility index (Phi) is 30.7. The molecule has 0 spiro atoms. The molecule has 1 aromatic rings. The molecule has 15 heteroatoms. The van der Waals surface area contributed by atoms with Crippen molar-refractivity contribution < 1.29 is 66.5 Å². The number of unbranched alkanes of at least 4 members (excludes halogenated alkanes) is 5. The molecule has 0 radical (unpaired) electrons.